The quantitative estimate of drug-likeness (QED) is 0.859. The van der Waals surface area contributed by atoms with Crippen LogP contribution in [0, 0.1) is 5.92 Å². The number of hydrogen-bond donors (Lipinski definition) is 2. The molecule has 1 saturated heterocycles. The first-order valence-corrected chi connectivity index (χ1v) is 6.67. The molecule has 1 aliphatic heterocycles. The van der Waals surface area contributed by atoms with Crippen molar-refractivity contribution in [2.45, 2.75) is 12.8 Å². The molecule has 0 spiro atoms. The zero-order valence-corrected chi connectivity index (χ0v) is 10.8. The van der Waals surface area contributed by atoms with Crippen LogP contribution >= 0.6 is 0 Å². The van der Waals surface area contributed by atoms with Crippen LogP contribution < -0.4 is 5.73 Å². The van der Waals surface area contributed by atoms with E-state index in [1.165, 1.54) is 0 Å². The van der Waals surface area contributed by atoms with Gasteiger partial charge in [-0.05, 0) is 24.9 Å². The normalized spacial score (nSPS) is 19.2. The molecule has 3 rings (SSSR count). The van der Waals surface area contributed by atoms with Gasteiger partial charge in [0.05, 0.1) is 17.6 Å². The second kappa shape index (κ2) is 5.01. The summed E-state index contributed by atoms with van der Waals surface area (Å²) in [5, 5.41) is 8.22. The fraction of sp³-hybridized carbons (Fsp3) is 0.429. The highest BCUT2D eigenvalue weighted by atomic mass is 16.2. The first-order valence-electron chi connectivity index (χ1n) is 6.67. The number of carbonyl (C=O) groups excluding carboxylic acids is 1. The highest BCUT2D eigenvalue weighted by Gasteiger charge is 2.25. The molecule has 1 aromatic heterocycles. The van der Waals surface area contributed by atoms with Crippen LogP contribution in [0.1, 0.15) is 12.1 Å². The van der Waals surface area contributed by atoms with Gasteiger partial charge in [0.15, 0.2) is 0 Å². The minimum absolute atomic E-state index is 0.158. The number of H-pyrrole nitrogens is 1. The molecule has 5 nitrogen and oxygen atoms in total. The molecule has 1 amide bonds. The Kier molecular flexibility index (Phi) is 3.21. The van der Waals surface area contributed by atoms with Crippen LogP contribution in [0.2, 0.25) is 0 Å². The molecule has 0 aliphatic carbocycles. The average molecular weight is 258 g/mol. The second-order valence-corrected chi connectivity index (χ2v) is 5.13. The number of fused-ring (bicyclic) bond motifs is 1. The van der Waals surface area contributed by atoms with E-state index in [0.717, 1.165) is 36.1 Å². The smallest absolute Gasteiger partial charge is 0.228 e. The summed E-state index contributed by atoms with van der Waals surface area (Å²) in [6.07, 6.45) is 1.41. The predicted molar refractivity (Wildman–Crippen MR) is 73.5 cm³/mol. The molecule has 1 aliphatic rings. The number of carbonyl (C=O) groups is 1. The number of aromatic amines is 1. The second-order valence-electron chi connectivity index (χ2n) is 5.13. The van der Waals surface area contributed by atoms with Crippen molar-refractivity contribution in [2.75, 3.05) is 19.6 Å². The number of rotatable bonds is 3. The number of aromatic nitrogens is 2. The summed E-state index contributed by atoms with van der Waals surface area (Å²) in [4.78, 5) is 14.2. The molecule has 5 heteroatoms. The number of nitrogens with zero attached hydrogens (tertiary/aromatic N) is 2. The van der Waals surface area contributed by atoms with Gasteiger partial charge in [-0.3, -0.25) is 9.89 Å². The molecule has 0 radical (unpaired) electrons. The van der Waals surface area contributed by atoms with E-state index in [0.29, 0.717) is 18.9 Å². The van der Waals surface area contributed by atoms with Crippen molar-refractivity contribution in [3.05, 3.63) is 30.0 Å². The van der Waals surface area contributed by atoms with Crippen LogP contribution in [0.5, 0.6) is 0 Å². The molecule has 2 heterocycles. The number of para-hydroxylation sites is 1. The van der Waals surface area contributed by atoms with Crippen LogP contribution in [0.25, 0.3) is 10.9 Å². The lowest BCUT2D eigenvalue weighted by atomic mass is 10.1. The molecular formula is C14H18N4O. The van der Waals surface area contributed by atoms with Crippen molar-refractivity contribution < 1.29 is 4.79 Å². The van der Waals surface area contributed by atoms with Gasteiger partial charge >= 0.3 is 0 Å². The molecular weight excluding hydrogens is 240 g/mol. The zero-order chi connectivity index (χ0) is 13.2. The van der Waals surface area contributed by atoms with Crippen molar-refractivity contribution in [1.82, 2.24) is 15.1 Å². The molecule has 1 fully saturated rings. The van der Waals surface area contributed by atoms with E-state index in [2.05, 4.69) is 10.2 Å². The molecule has 2 aromatic rings. The number of benzene rings is 1. The summed E-state index contributed by atoms with van der Waals surface area (Å²) in [6, 6.07) is 7.85. The molecule has 1 aromatic carbocycles. The monoisotopic (exact) mass is 258 g/mol. The van der Waals surface area contributed by atoms with Crippen molar-refractivity contribution in [3.63, 3.8) is 0 Å². The molecule has 19 heavy (non-hydrogen) atoms. The molecule has 1 unspecified atom stereocenters. The van der Waals surface area contributed by atoms with Gasteiger partial charge in [0, 0.05) is 18.5 Å². The maximum Gasteiger partial charge on any atom is 0.228 e. The fourth-order valence-electron chi connectivity index (χ4n) is 2.66. The van der Waals surface area contributed by atoms with Gasteiger partial charge in [0.2, 0.25) is 5.91 Å². The molecule has 1 atom stereocenters. The molecule has 100 valence electrons. The van der Waals surface area contributed by atoms with Crippen molar-refractivity contribution in [1.29, 1.82) is 0 Å². The Balaban J connectivity index is 1.73. The van der Waals surface area contributed by atoms with E-state index in [9.17, 15) is 4.79 Å². The Bertz CT molecular complexity index is 592. The minimum Gasteiger partial charge on any atom is -0.342 e. The summed E-state index contributed by atoms with van der Waals surface area (Å²) in [5.41, 5.74) is 7.46. The summed E-state index contributed by atoms with van der Waals surface area (Å²) in [7, 11) is 0. The van der Waals surface area contributed by atoms with E-state index in [1.807, 2.05) is 29.2 Å². The van der Waals surface area contributed by atoms with Crippen molar-refractivity contribution >= 4 is 16.8 Å². The predicted octanol–water partition coefficient (Wildman–Crippen LogP) is 0.913. The third-order valence-electron chi connectivity index (χ3n) is 3.84. The van der Waals surface area contributed by atoms with Gasteiger partial charge in [0.1, 0.15) is 0 Å². The number of nitrogens with one attached hydrogen (secondary N) is 1. The maximum absolute atomic E-state index is 12.3. The zero-order valence-electron chi connectivity index (χ0n) is 10.8. The summed E-state index contributed by atoms with van der Waals surface area (Å²) in [5.74, 6) is 0.618. The fourth-order valence-corrected chi connectivity index (χ4v) is 2.66. The minimum atomic E-state index is 0.158. The number of hydrogen-bond acceptors (Lipinski definition) is 3. The van der Waals surface area contributed by atoms with Crippen molar-refractivity contribution in [2.24, 2.45) is 11.7 Å². The Morgan fingerprint density at radius 2 is 2.32 bits per heavy atom. The Morgan fingerprint density at radius 1 is 1.47 bits per heavy atom. The highest BCUT2D eigenvalue weighted by Crippen LogP contribution is 2.19. The number of nitrogens with two attached hydrogens (primary N) is 1. The SMILES string of the molecule is NCC1CCN(C(=O)Cc2[nH]nc3ccccc23)C1. The highest BCUT2D eigenvalue weighted by molar-refractivity contribution is 5.87. The standard InChI is InChI=1S/C14H18N4O/c15-8-10-5-6-18(9-10)14(19)7-13-11-3-1-2-4-12(11)16-17-13/h1-4,10H,5-9,15H2,(H,16,17). The molecule has 0 bridgehead atoms. The van der Waals surface area contributed by atoms with Crippen LogP contribution in [0.4, 0.5) is 0 Å². The lowest BCUT2D eigenvalue weighted by Crippen LogP contribution is -2.31. The van der Waals surface area contributed by atoms with Crippen LogP contribution in [-0.2, 0) is 11.2 Å². The Labute approximate surface area is 111 Å². The number of amides is 1. The number of likely N-dealkylation sites (tertiary alicyclic amines) is 1. The van der Waals surface area contributed by atoms with Gasteiger partial charge in [-0.2, -0.15) is 5.10 Å². The maximum atomic E-state index is 12.3. The van der Waals surface area contributed by atoms with Gasteiger partial charge in [0.25, 0.3) is 0 Å². The summed E-state index contributed by atoms with van der Waals surface area (Å²) >= 11 is 0. The van der Waals surface area contributed by atoms with Gasteiger partial charge in [-0.15, -0.1) is 0 Å². The summed E-state index contributed by atoms with van der Waals surface area (Å²) < 4.78 is 0. The van der Waals surface area contributed by atoms with Crippen LogP contribution in [0.15, 0.2) is 24.3 Å². The molecule has 3 N–H and O–H groups in total. The van der Waals surface area contributed by atoms with Crippen LogP contribution in [-0.4, -0.2) is 40.6 Å². The topological polar surface area (TPSA) is 75.0 Å². The average Bonchev–Trinajstić information content (AvgIpc) is 3.06. The van der Waals surface area contributed by atoms with Crippen molar-refractivity contribution in [3.8, 4) is 0 Å². The lowest BCUT2D eigenvalue weighted by Gasteiger charge is -2.15. The first kappa shape index (κ1) is 12.2. The third kappa shape index (κ3) is 2.33. The van der Waals surface area contributed by atoms with Gasteiger partial charge in [-0.1, -0.05) is 18.2 Å². The largest absolute Gasteiger partial charge is 0.342 e. The van der Waals surface area contributed by atoms with E-state index >= 15 is 0 Å². The van der Waals surface area contributed by atoms with E-state index < -0.39 is 0 Å². The third-order valence-corrected chi connectivity index (χ3v) is 3.84. The Morgan fingerprint density at radius 3 is 3.11 bits per heavy atom. The van der Waals surface area contributed by atoms with E-state index in [-0.39, 0.29) is 5.91 Å². The first-order chi connectivity index (χ1) is 9.28. The van der Waals surface area contributed by atoms with Crippen LogP contribution in [0.3, 0.4) is 0 Å². The summed E-state index contributed by atoms with van der Waals surface area (Å²) in [6.45, 7) is 2.28. The van der Waals surface area contributed by atoms with E-state index in [1.54, 1.807) is 0 Å². The van der Waals surface area contributed by atoms with Gasteiger partial charge in [-0.25, -0.2) is 0 Å². The molecule has 0 saturated carbocycles. The van der Waals surface area contributed by atoms with Gasteiger partial charge < -0.3 is 10.6 Å². The lowest BCUT2D eigenvalue weighted by molar-refractivity contribution is -0.129. The van der Waals surface area contributed by atoms with E-state index in [4.69, 9.17) is 5.73 Å². The Hall–Kier alpha value is -1.88.